The Kier molecular flexibility index (Phi) is 7.76. The number of aryl methyl sites for hydroxylation is 1. The molecule has 8 nitrogen and oxygen atoms in total. The largest absolute Gasteiger partial charge is 0.491 e. The van der Waals surface area contributed by atoms with E-state index in [1.807, 2.05) is 49.9 Å². The first-order valence-electron chi connectivity index (χ1n) is 13.2. The Morgan fingerprint density at radius 1 is 1.18 bits per heavy atom. The number of benzene rings is 2. The number of carbonyl (C=O) groups excluding carboxylic acids is 1. The average molecular weight is 614 g/mol. The van der Waals surface area contributed by atoms with Crippen molar-refractivity contribution in [1.82, 2.24) is 29.7 Å². The van der Waals surface area contributed by atoms with Crippen molar-refractivity contribution < 1.29 is 18.3 Å². The molecule has 1 aliphatic heterocycles. The van der Waals surface area contributed by atoms with E-state index in [2.05, 4.69) is 31.3 Å². The summed E-state index contributed by atoms with van der Waals surface area (Å²) in [5, 5.41) is 12.9. The summed E-state index contributed by atoms with van der Waals surface area (Å²) in [5.74, 6) is -2.33. The van der Waals surface area contributed by atoms with Gasteiger partial charge in [-0.2, -0.15) is 9.49 Å². The fourth-order valence-corrected chi connectivity index (χ4v) is 5.58. The first-order valence-corrected chi connectivity index (χ1v) is 14.0. The molecular weight excluding hydrogens is 582 g/mol. The first-order chi connectivity index (χ1) is 19.1. The minimum absolute atomic E-state index is 0.00441. The zero-order valence-corrected chi connectivity index (χ0v) is 24.5. The molecule has 11 heteroatoms. The highest BCUT2D eigenvalue weighted by atomic mass is 79.9. The number of hydrogen-bond donors (Lipinski definition) is 0. The maximum absolute atomic E-state index is 14.8. The molecule has 0 spiro atoms. The van der Waals surface area contributed by atoms with Crippen molar-refractivity contribution in [2.24, 2.45) is 0 Å². The van der Waals surface area contributed by atoms with Gasteiger partial charge < -0.3 is 9.64 Å². The first kappa shape index (κ1) is 27.9. The Bertz CT molecular complexity index is 1550. The minimum atomic E-state index is -1.05. The van der Waals surface area contributed by atoms with Crippen LogP contribution in [0.1, 0.15) is 61.3 Å². The lowest BCUT2D eigenvalue weighted by Crippen LogP contribution is -2.53. The fraction of sp³-hybridized carbons (Fsp3) is 0.379. The number of amides is 1. The quantitative estimate of drug-likeness (QED) is 0.248. The molecule has 0 saturated carbocycles. The van der Waals surface area contributed by atoms with E-state index in [0.29, 0.717) is 24.3 Å². The highest BCUT2D eigenvalue weighted by molar-refractivity contribution is 9.10. The molecule has 1 amide bonds. The van der Waals surface area contributed by atoms with Gasteiger partial charge in [-0.15, -0.1) is 5.10 Å². The number of hydrogen-bond acceptors (Lipinski definition) is 5. The van der Waals surface area contributed by atoms with Crippen LogP contribution in [0.2, 0.25) is 0 Å². The molecule has 2 aromatic carbocycles. The van der Waals surface area contributed by atoms with Crippen molar-refractivity contribution in [2.45, 2.75) is 58.7 Å². The van der Waals surface area contributed by atoms with Gasteiger partial charge in [-0.25, -0.2) is 9.07 Å². The van der Waals surface area contributed by atoms with Crippen molar-refractivity contribution in [1.29, 1.82) is 0 Å². The van der Waals surface area contributed by atoms with Crippen LogP contribution >= 0.6 is 15.9 Å². The molecule has 0 aliphatic carbocycles. The maximum atomic E-state index is 14.8. The summed E-state index contributed by atoms with van der Waals surface area (Å²) in [4.78, 5) is 15.7. The van der Waals surface area contributed by atoms with Crippen LogP contribution in [0.15, 0.2) is 53.3 Å². The van der Waals surface area contributed by atoms with Crippen LogP contribution in [0.5, 0.6) is 5.75 Å². The third kappa shape index (κ3) is 5.52. The second kappa shape index (κ2) is 11.1. The van der Waals surface area contributed by atoms with Gasteiger partial charge in [0.1, 0.15) is 5.69 Å². The van der Waals surface area contributed by atoms with E-state index < -0.39 is 11.6 Å². The fourth-order valence-electron chi connectivity index (χ4n) is 5.13. The smallest absolute Gasteiger partial charge is 0.257 e. The van der Waals surface area contributed by atoms with E-state index in [1.54, 1.807) is 28.7 Å². The number of rotatable bonds is 7. The molecule has 1 saturated heterocycles. The molecule has 0 radical (unpaired) electrons. The number of ether oxygens (including phenoxy) is 1. The second-order valence-electron chi connectivity index (χ2n) is 10.6. The van der Waals surface area contributed by atoms with Crippen LogP contribution in [0.3, 0.4) is 0 Å². The van der Waals surface area contributed by atoms with Crippen molar-refractivity contribution in [2.75, 3.05) is 13.2 Å². The van der Waals surface area contributed by atoms with E-state index in [9.17, 15) is 13.6 Å². The van der Waals surface area contributed by atoms with Gasteiger partial charge in [-0.05, 0) is 70.4 Å². The number of nitrogens with zero attached hydrogens (tertiary/aromatic N) is 6. The van der Waals surface area contributed by atoms with Crippen molar-refractivity contribution in [3.8, 4) is 17.0 Å². The number of likely N-dealkylation sites (tertiary alicyclic amines) is 1. The Hall–Kier alpha value is -3.60. The molecule has 1 unspecified atom stereocenters. The highest BCUT2D eigenvalue weighted by Gasteiger charge is 2.39. The third-order valence-corrected chi connectivity index (χ3v) is 7.87. The van der Waals surface area contributed by atoms with E-state index in [-0.39, 0.29) is 41.1 Å². The lowest BCUT2D eigenvalue weighted by molar-refractivity contribution is 0.0308. The van der Waals surface area contributed by atoms with Gasteiger partial charge in [0.25, 0.3) is 5.91 Å². The summed E-state index contributed by atoms with van der Waals surface area (Å²) in [7, 11) is 0. The van der Waals surface area contributed by atoms with Gasteiger partial charge in [0.2, 0.25) is 5.82 Å². The zero-order chi connectivity index (χ0) is 28.6. The summed E-state index contributed by atoms with van der Waals surface area (Å²) < 4.78 is 38.8. The standard InChI is InChI=1S/C29H31BrF2N6O2/c1-5-40-25-10-9-22(26(31)27(25)32)24-17-38(35-33-24)21-11-12-29(3,4)37(15-21)28(39)23-16-36(34-18(23)2)14-19-7-6-8-20(30)13-19/h6-10,13,16-17,21H,5,11-12,14-15H2,1-4H3. The normalized spacial score (nSPS) is 16.8. The van der Waals surface area contributed by atoms with E-state index in [1.165, 1.54) is 12.1 Å². The van der Waals surface area contributed by atoms with Gasteiger partial charge in [0.05, 0.1) is 36.6 Å². The van der Waals surface area contributed by atoms with Crippen LogP contribution in [-0.2, 0) is 6.54 Å². The van der Waals surface area contributed by atoms with Crippen LogP contribution in [0.25, 0.3) is 11.3 Å². The summed E-state index contributed by atoms with van der Waals surface area (Å²) in [6, 6.07) is 10.6. The van der Waals surface area contributed by atoms with Gasteiger partial charge >= 0.3 is 0 Å². The topological polar surface area (TPSA) is 78.1 Å². The Morgan fingerprint density at radius 3 is 2.73 bits per heavy atom. The molecule has 2 aromatic heterocycles. The molecule has 1 aliphatic rings. The highest BCUT2D eigenvalue weighted by Crippen LogP contribution is 2.35. The summed E-state index contributed by atoms with van der Waals surface area (Å²) in [5.41, 5.74) is 2.11. The minimum Gasteiger partial charge on any atom is -0.491 e. The van der Waals surface area contributed by atoms with Gasteiger partial charge in [0, 0.05) is 28.3 Å². The number of halogens is 3. The molecule has 210 valence electrons. The van der Waals surface area contributed by atoms with Crippen LogP contribution < -0.4 is 4.74 Å². The number of piperidine rings is 1. The molecule has 1 fully saturated rings. The molecule has 0 bridgehead atoms. The summed E-state index contributed by atoms with van der Waals surface area (Å²) in [6.45, 7) is 8.81. The van der Waals surface area contributed by atoms with E-state index in [0.717, 1.165) is 22.9 Å². The Labute approximate surface area is 240 Å². The lowest BCUT2D eigenvalue weighted by atomic mass is 9.87. The van der Waals surface area contributed by atoms with Crippen LogP contribution in [0.4, 0.5) is 8.78 Å². The molecular formula is C29H31BrF2N6O2. The average Bonchev–Trinajstić information content (AvgIpc) is 3.53. The number of aromatic nitrogens is 5. The SMILES string of the molecule is CCOc1ccc(-c2cn(C3CCC(C)(C)N(C(=O)c4cn(Cc5cccc(Br)c5)nc4C)C3)nn2)c(F)c1F. The molecule has 1 atom stereocenters. The van der Waals surface area contributed by atoms with Gasteiger partial charge in [0.15, 0.2) is 11.6 Å². The maximum Gasteiger partial charge on any atom is 0.257 e. The molecule has 40 heavy (non-hydrogen) atoms. The molecule has 5 rings (SSSR count). The monoisotopic (exact) mass is 612 g/mol. The Morgan fingerprint density at radius 2 is 1.98 bits per heavy atom. The molecule has 4 aromatic rings. The summed E-state index contributed by atoms with van der Waals surface area (Å²) >= 11 is 3.50. The lowest BCUT2D eigenvalue weighted by Gasteiger charge is -2.45. The predicted molar refractivity (Wildman–Crippen MR) is 150 cm³/mol. The molecule has 0 N–H and O–H groups in total. The van der Waals surface area contributed by atoms with Crippen molar-refractivity contribution in [3.63, 3.8) is 0 Å². The van der Waals surface area contributed by atoms with E-state index in [4.69, 9.17) is 4.74 Å². The van der Waals surface area contributed by atoms with Crippen LogP contribution in [-0.4, -0.2) is 54.3 Å². The van der Waals surface area contributed by atoms with Crippen molar-refractivity contribution in [3.05, 3.63) is 81.7 Å². The third-order valence-electron chi connectivity index (χ3n) is 7.38. The molecule has 3 heterocycles. The van der Waals surface area contributed by atoms with Gasteiger partial charge in [-0.1, -0.05) is 33.3 Å². The van der Waals surface area contributed by atoms with E-state index >= 15 is 0 Å². The van der Waals surface area contributed by atoms with Crippen molar-refractivity contribution >= 4 is 21.8 Å². The Balaban J connectivity index is 1.36. The predicted octanol–water partition coefficient (Wildman–Crippen LogP) is 6.19. The summed E-state index contributed by atoms with van der Waals surface area (Å²) in [6.07, 6.45) is 4.89. The second-order valence-corrected chi connectivity index (χ2v) is 11.5. The van der Waals surface area contributed by atoms with Gasteiger partial charge in [-0.3, -0.25) is 9.48 Å². The number of carbonyl (C=O) groups is 1. The zero-order valence-electron chi connectivity index (χ0n) is 22.9. The van der Waals surface area contributed by atoms with Crippen LogP contribution in [0, 0.1) is 18.6 Å².